The average Bonchev–Trinajstić information content (AvgIpc) is 2.95. The molecule has 0 fully saturated rings. The van der Waals surface area contributed by atoms with Gasteiger partial charge in [0.2, 0.25) is 0 Å². The van der Waals surface area contributed by atoms with Crippen LogP contribution in [-0.4, -0.2) is 50.5 Å². The molecule has 0 saturated carbocycles. The molecule has 0 atom stereocenters. The van der Waals surface area contributed by atoms with Crippen molar-refractivity contribution in [2.45, 2.75) is 33.6 Å². The van der Waals surface area contributed by atoms with E-state index < -0.39 is 9.84 Å². The molecule has 0 radical (unpaired) electrons. The molecule has 0 spiro atoms. The molecule has 1 aromatic heterocycles. The maximum Gasteiger partial charge on any atom is 0.191 e. The summed E-state index contributed by atoms with van der Waals surface area (Å²) in [6, 6.07) is 0. The Morgan fingerprint density at radius 3 is 2.68 bits per heavy atom. The lowest BCUT2D eigenvalue weighted by atomic mass is 10.4. The summed E-state index contributed by atoms with van der Waals surface area (Å²) in [6.45, 7) is 7.50. The molecule has 6 nitrogen and oxygen atoms in total. The summed E-state index contributed by atoms with van der Waals surface area (Å²) in [5.74, 6) is 0.906. The molecular formula is C14H26N4O2S2. The Kier molecular flexibility index (Phi) is 8.40. The van der Waals surface area contributed by atoms with Crippen LogP contribution in [0, 0.1) is 0 Å². The maximum absolute atomic E-state index is 11.5. The zero-order chi connectivity index (χ0) is 16.4. The van der Waals surface area contributed by atoms with Crippen molar-refractivity contribution in [3.05, 3.63) is 16.1 Å². The topological polar surface area (TPSA) is 83.5 Å². The summed E-state index contributed by atoms with van der Waals surface area (Å²) < 4.78 is 22.9. The van der Waals surface area contributed by atoms with Crippen LogP contribution in [0.3, 0.4) is 0 Å². The van der Waals surface area contributed by atoms with E-state index in [1.807, 2.05) is 13.1 Å². The van der Waals surface area contributed by atoms with Gasteiger partial charge >= 0.3 is 0 Å². The second-order valence-electron chi connectivity index (χ2n) is 4.75. The summed E-state index contributed by atoms with van der Waals surface area (Å²) in [5, 5.41) is 7.43. The van der Waals surface area contributed by atoms with Gasteiger partial charge in [0.15, 0.2) is 15.8 Å². The molecule has 8 heteroatoms. The number of guanidine groups is 1. The third-order valence-corrected chi connectivity index (χ3v) is 5.92. The maximum atomic E-state index is 11.5. The van der Waals surface area contributed by atoms with Gasteiger partial charge in [-0.15, -0.1) is 11.3 Å². The Morgan fingerprint density at radius 2 is 2.09 bits per heavy atom. The molecular weight excluding hydrogens is 320 g/mol. The molecule has 1 heterocycles. The van der Waals surface area contributed by atoms with E-state index in [2.05, 4.69) is 27.5 Å². The Labute approximate surface area is 137 Å². The highest BCUT2D eigenvalue weighted by Gasteiger charge is 2.07. The standard InChI is InChI=1S/C14H26N4O2S2/c1-4-12-11-18-13(21-12)7-8-16-14(15-5-2)17-9-10-22(19,20)6-3/h11H,4-10H2,1-3H3,(H2,15,16,17). The number of nitrogens with one attached hydrogen (secondary N) is 2. The van der Waals surface area contributed by atoms with E-state index in [4.69, 9.17) is 0 Å². The van der Waals surface area contributed by atoms with Crippen molar-refractivity contribution in [2.24, 2.45) is 4.99 Å². The third-order valence-electron chi connectivity index (χ3n) is 3.04. The van der Waals surface area contributed by atoms with Gasteiger partial charge in [-0.3, -0.25) is 4.99 Å². The Hall–Kier alpha value is -1.15. The second kappa shape index (κ2) is 9.78. The molecule has 1 rings (SSSR count). The first kappa shape index (κ1) is 18.9. The Balaban J connectivity index is 2.42. The minimum Gasteiger partial charge on any atom is -0.357 e. The fourth-order valence-corrected chi connectivity index (χ4v) is 3.22. The molecule has 126 valence electrons. The zero-order valence-corrected chi connectivity index (χ0v) is 15.2. The zero-order valence-electron chi connectivity index (χ0n) is 13.6. The Morgan fingerprint density at radius 1 is 1.32 bits per heavy atom. The van der Waals surface area contributed by atoms with Crippen molar-refractivity contribution >= 4 is 27.1 Å². The average molecular weight is 347 g/mol. The number of aliphatic imine (C=N–C) groups is 1. The lowest BCUT2D eigenvalue weighted by Gasteiger charge is -2.10. The quantitative estimate of drug-likeness (QED) is 0.519. The van der Waals surface area contributed by atoms with Crippen LogP contribution in [0.15, 0.2) is 11.2 Å². The number of thiazole rings is 1. The summed E-state index contributed by atoms with van der Waals surface area (Å²) >= 11 is 1.73. The van der Waals surface area contributed by atoms with Gasteiger partial charge in [0.1, 0.15) is 0 Å². The van der Waals surface area contributed by atoms with E-state index >= 15 is 0 Å². The third kappa shape index (κ3) is 7.22. The molecule has 1 aromatic rings. The fourth-order valence-electron chi connectivity index (χ4n) is 1.70. The van der Waals surface area contributed by atoms with Gasteiger partial charge in [0, 0.05) is 36.3 Å². The van der Waals surface area contributed by atoms with Gasteiger partial charge in [0.05, 0.1) is 17.3 Å². The normalized spacial score (nSPS) is 12.4. The van der Waals surface area contributed by atoms with Gasteiger partial charge < -0.3 is 10.6 Å². The van der Waals surface area contributed by atoms with Crippen molar-refractivity contribution in [1.82, 2.24) is 15.6 Å². The number of sulfone groups is 1. The van der Waals surface area contributed by atoms with Gasteiger partial charge in [-0.2, -0.15) is 0 Å². The first-order valence-corrected chi connectivity index (χ1v) is 10.3. The van der Waals surface area contributed by atoms with Gasteiger partial charge in [-0.1, -0.05) is 13.8 Å². The summed E-state index contributed by atoms with van der Waals surface area (Å²) in [4.78, 5) is 9.96. The summed E-state index contributed by atoms with van der Waals surface area (Å²) in [7, 11) is -2.96. The molecule has 0 amide bonds. The number of hydrogen-bond donors (Lipinski definition) is 2. The van der Waals surface area contributed by atoms with Crippen LogP contribution in [-0.2, 0) is 22.7 Å². The number of aromatic nitrogens is 1. The van der Waals surface area contributed by atoms with Crippen molar-refractivity contribution in [2.75, 3.05) is 31.1 Å². The van der Waals surface area contributed by atoms with Crippen LogP contribution in [0.4, 0.5) is 0 Å². The first-order chi connectivity index (χ1) is 10.5. The van der Waals surface area contributed by atoms with Crippen LogP contribution in [0.2, 0.25) is 0 Å². The minimum atomic E-state index is -2.96. The number of nitrogens with zero attached hydrogens (tertiary/aromatic N) is 2. The van der Waals surface area contributed by atoms with Crippen molar-refractivity contribution in [3.63, 3.8) is 0 Å². The van der Waals surface area contributed by atoms with Gasteiger partial charge in [-0.05, 0) is 13.3 Å². The number of hydrogen-bond acceptors (Lipinski definition) is 5. The largest absolute Gasteiger partial charge is 0.357 e. The number of aryl methyl sites for hydroxylation is 1. The highest BCUT2D eigenvalue weighted by atomic mass is 32.2. The summed E-state index contributed by atoms with van der Waals surface area (Å²) in [5.41, 5.74) is 0. The van der Waals surface area contributed by atoms with E-state index in [1.54, 1.807) is 18.3 Å². The molecule has 2 N–H and O–H groups in total. The predicted octanol–water partition coefficient (Wildman–Crippen LogP) is 1.24. The SMILES string of the molecule is CCNC(=NCCS(=O)(=O)CC)NCCc1ncc(CC)s1. The van der Waals surface area contributed by atoms with Crippen molar-refractivity contribution < 1.29 is 8.42 Å². The first-order valence-electron chi connectivity index (χ1n) is 7.66. The van der Waals surface area contributed by atoms with Crippen molar-refractivity contribution in [3.8, 4) is 0 Å². The monoisotopic (exact) mass is 346 g/mol. The lowest BCUT2D eigenvalue weighted by molar-refractivity contribution is 0.597. The molecule has 0 aromatic carbocycles. The van der Waals surface area contributed by atoms with Crippen molar-refractivity contribution in [1.29, 1.82) is 0 Å². The van der Waals surface area contributed by atoms with Crippen LogP contribution in [0.25, 0.3) is 0 Å². The van der Waals surface area contributed by atoms with Crippen LogP contribution in [0.5, 0.6) is 0 Å². The molecule has 0 aliphatic rings. The van der Waals surface area contributed by atoms with E-state index in [-0.39, 0.29) is 18.1 Å². The molecule has 0 aliphatic heterocycles. The molecule has 0 aliphatic carbocycles. The lowest BCUT2D eigenvalue weighted by Crippen LogP contribution is -2.38. The predicted molar refractivity (Wildman–Crippen MR) is 93.5 cm³/mol. The van der Waals surface area contributed by atoms with E-state index in [0.717, 1.165) is 30.9 Å². The molecule has 0 unspecified atom stereocenters. The minimum absolute atomic E-state index is 0.0897. The van der Waals surface area contributed by atoms with Crippen LogP contribution in [0.1, 0.15) is 30.7 Å². The summed E-state index contributed by atoms with van der Waals surface area (Å²) in [6.07, 6.45) is 3.78. The highest BCUT2D eigenvalue weighted by Crippen LogP contribution is 2.13. The van der Waals surface area contributed by atoms with Gasteiger partial charge in [-0.25, -0.2) is 13.4 Å². The molecule has 0 saturated heterocycles. The van der Waals surface area contributed by atoms with Crippen LogP contribution < -0.4 is 10.6 Å². The fraction of sp³-hybridized carbons (Fsp3) is 0.714. The van der Waals surface area contributed by atoms with E-state index in [9.17, 15) is 8.42 Å². The second-order valence-corrected chi connectivity index (χ2v) is 8.42. The molecule has 0 bridgehead atoms. The van der Waals surface area contributed by atoms with Gasteiger partial charge in [0.25, 0.3) is 0 Å². The molecule has 22 heavy (non-hydrogen) atoms. The van der Waals surface area contributed by atoms with E-state index in [1.165, 1.54) is 4.88 Å². The van der Waals surface area contributed by atoms with Crippen LogP contribution >= 0.6 is 11.3 Å². The highest BCUT2D eigenvalue weighted by molar-refractivity contribution is 7.91. The van der Waals surface area contributed by atoms with E-state index in [0.29, 0.717) is 5.96 Å². The Bertz CT molecular complexity index is 567. The smallest absolute Gasteiger partial charge is 0.191 e. The number of rotatable bonds is 9.